The Morgan fingerprint density at radius 1 is 0.415 bits per heavy atom. The van der Waals surface area contributed by atoms with Crippen LogP contribution in [0.2, 0.25) is 0 Å². The quantitative estimate of drug-likeness (QED) is 0.0612. The molecule has 0 saturated carbocycles. The maximum Gasteiger partial charge on any atom is 0.105 e. The molecule has 0 bridgehead atoms. The molecule has 0 atom stereocenters. The molecule has 0 aliphatic rings. The predicted octanol–water partition coefficient (Wildman–Crippen LogP) is 12.4. The standard InChI is InChI=1S/C40H64N/c1-3-5-7-9-11-13-15-17-19-21-29-35-41(37-39-31-25-23-26-32-39,38-40-33-27-24-28-34-40)36-30-22-20-18-16-14-12-10-8-6-4-2/h3-6,23-28,31-34H,7-22,29-30,35-38H2,1-2H3/q+1/b5-3+,6-4+. The van der Waals surface area contributed by atoms with E-state index in [9.17, 15) is 0 Å². The van der Waals surface area contributed by atoms with Gasteiger partial charge in [0.1, 0.15) is 13.1 Å². The largest absolute Gasteiger partial charge is 0.316 e. The molecule has 0 radical (unpaired) electrons. The first kappa shape index (κ1) is 35.1. The highest BCUT2D eigenvalue weighted by Gasteiger charge is 2.27. The fraction of sp³-hybridized carbons (Fsp3) is 0.600. The molecule has 2 aromatic carbocycles. The SMILES string of the molecule is C/C=C/CCCCCCCCCC[N+](CCCCCCCCCC/C=C/C)(Cc1ccccc1)Cc1ccccc1. The van der Waals surface area contributed by atoms with E-state index in [0.717, 1.165) is 13.1 Å². The van der Waals surface area contributed by atoms with Gasteiger partial charge in [-0.15, -0.1) is 0 Å². The van der Waals surface area contributed by atoms with Crippen molar-refractivity contribution < 1.29 is 4.48 Å². The van der Waals surface area contributed by atoms with Gasteiger partial charge in [-0.05, 0) is 65.2 Å². The molecule has 0 saturated heterocycles. The first-order chi connectivity index (χ1) is 20.3. The van der Waals surface area contributed by atoms with Gasteiger partial charge in [-0.3, -0.25) is 0 Å². The minimum Gasteiger partial charge on any atom is -0.316 e. The van der Waals surface area contributed by atoms with Gasteiger partial charge in [0.25, 0.3) is 0 Å². The Balaban J connectivity index is 1.86. The second-order valence-electron chi connectivity index (χ2n) is 12.4. The highest BCUT2D eigenvalue weighted by atomic mass is 15.3. The molecule has 1 heteroatoms. The summed E-state index contributed by atoms with van der Waals surface area (Å²) < 4.78 is 1.21. The Hall–Kier alpha value is -2.12. The molecule has 2 aromatic rings. The van der Waals surface area contributed by atoms with Crippen molar-refractivity contribution in [1.82, 2.24) is 0 Å². The van der Waals surface area contributed by atoms with Crippen molar-refractivity contribution >= 4 is 0 Å². The number of quaternary nitrogens is 1. The molecule has 1 nitrogen and oxygen atoms in total. The van der Waals surface area contributed by atoms with E-state index in [4.69, 9.17) is 0 Å². The van der Waals surface area contributed by atoms with Crippen molar-refractivity contribution in [3.8, 4) is 0 Å². The molecule has 0 N–H and O–H groups in total. The molecule has 41 heavy (non-hydrogen) atoms. The highest BCUT2D eigenvalue weighted by molar-refractivity contribution is 5.15. The number of rotatable bonds is 26. The molecule has 0 spiro atoms. The fourth-order valence-electron chi connectivity index (χ4n) is 6.30. The van der Waals surface area contributed by atoms with Crippen molar-refractivity contribution in [2.24, 2.45) is 0 Å². The number of unbranched alkanes of at least 4 members (excludes halogenated alkanes) is 16. The van der Waals surface area contributed by atoms with Crippen LogP contribution in [0.5, 0.6) is 0 Å². The number of allylic oxidation sites excluding steroid dienone is 4. The highest BCUT2D eigenvalue weighted by Crippen LogP contribution is 2.24. The molecule has 0 amide bonds. The van der Waals surface area contributed by atoms with Crippen LogP contribution in [-0.2, 0) is 13.1 Å². The normalized spacial score (nSPS) is 12.1. The molecular weight excluding hydrogens is 494 g/mol. The minimum atomic E-state index is 1.16. The zero-order valence-corrected chi connectivity index (χ0v) is 27.1. The maximum absolute atomic E-state index is 2.35. The molecule has 0 unspecified atom stereocenters. The molecular formula is C40H64N+. The summed E-state index contributed by atoms with van der Waals surface area (Å²) in [5.74, 6) is 0. The second-order valence-corrected chi connectivity index (χ2v) is 12.4. The summed E-state index contributed by atoms with van der Waals surface area (Å²) in [6.07, 6.45) is 33.8. The van der Waals surface area contributed by atoms with Crippen molar-refractivity contribution in [2.75, 3.05) is 13.1 Å². The summed E-state index contributed by atoms with van der Waals surface area (Å²) in [6, 6.07) is 22.6. The second kappa shape index (κ2) is 24.5. The number of hydrogen-bond acceptors (Lipinski definition) is 0. The number of benzene rings is 2. The van der Waals surface area contributed by atoms with Crippen molar-refractivity contribution in [2.45, 2.75) is 143 Å². The van der Waals surface area contributed by atoms with Gasteiger partial charge in [-0.2, -0.15) is 0 Å². The maximum atomic E-state index is 2.35. The van der Waals surface area contributed by atoms with Crippen LogP contribution in [0.1, 0.15) is 141 Å². The monoisotopic (exact) mass is 559 g/mol. The topological polar surface area (TPSA) is 0 Å². The Bertz CT molecular complexity index is 806. The van der Waals surface area contributed by atoms with Crippen molar-refractivity contribution in [3.63, 3.8) is 0 Å². The van der Waals surface area contributed by atoms with E-state index < -0.39 is 0 Å². The molecule has 228 valence electrons. The lowest BCUT2D eigenvalue weighted by molar-refractivity contribution is -0.954. The lowest BCUT2D eigenvalue weighted by Crippen LogP contribution is -2.48. The summed E-state index contributed by atoms with van der Waals surface area (Å²) >= 11 is 0. The Morgan fingerprint density at radius 2 is 0.732 bits per heavy atom. The van der Waals surface area contributed by atoms with Crippen LogP contribution in [0.3, 0.4) is 0 Å². The lowest BCUT2D eigenvalue weighted by Gasteiger charge is -2.39. The minimum absolute atomic E-state index is 1.16. The lowest BCUT2D eigenvalue weighted by atomic mass is 10.0. The van der Waals surface area contributed by atoms with E-state index in [1.807, 2.05) is 0 Å². The van der Waals surface area contributed by atoms with Gasteiger partial charge in [-0.25, -0.2) is 0 Å². The van der Waals surface area contributed by atoms with Gasteiger partial charge in [-0.1, -0.05) is 149 Å². The summed E-state index contributed by atoms with van der Waals surface area (Å²) in [5.41, 5.74) is 3.00. The Kier molecular flexibility index (Phi) is 20.9. The van der Waals surface area contributed by atoms with Gasteiger partial charge in [0.05, 0.1) is 13.1 Å². The van der Waals surface area contributed by atoms with Crippen LogP contribution < -0.4 is 0 Å². The summed E-state index contributed by atoms with van der Waals surface area (Å²) in [5, 5.41) is 0. The van der Waals surface area contributed by atoms with Crippen molar-refractivity contribution in [1.29, 1.82) is 0 Å². The number of nitrogens with zero attached hydrogens (tertiary/aromatic N) is 1. The van der Waals surface area contributed by atoms with Crippen LogP contribution in [0, 0.1) is 0 Å². The Morgan fingerprint density at radius 3 is 1.07 bits per heavy atom. The van der Waals surface area contributed by atoms with Crippen molar-refractivity contribution in [3.05, 3.63) is 96.1 Å². The zero-order chi connectivity index (χ0) is 29.1. The fourth-order valence-corrected chi connectivity index (χ4v) is 6.30. The van der Waals surface area contributed by atoms with Crippen LogP contribution in [-0.4, -0.2) is 17.6 Å². The van der Waals surface area contributed by atoms with E-state index in [1.54, 1.807) is 0 Å². The van der Waals surface area contributed by atoms with Crippen LogP contribution in [0.4, 0.5) is 0 Å². The van der Waals surface area contributed by atoms with E-state index in [2.05, 4.69) is 98.8 Å². The third-order valence-electron chi connectivity index (χ3n) is 8.70. The van der Waals surface area contributed by atoms with E-state index in [-0.39, 0.29) is 0 Å². The smallest absolute Gasteiger partial charge is 0.105 e. The van der Waals surface area contributed by atoms with Crippen LogP contribution in [0.25, 0.3) is 0 Å². The third kappa shape index (κ3) is 18.1. The molecule has 0 aromatic heterocycles. The third-order valence-corrected chi connectivity index (χ3v) is 8.70. The zero-order valence-electron chi connectivity index (χ0n) is 27.1. The van der Waals surface area contributed by atoms with Gasteiger partial charge in [0, 0.05) is 11.1 Å². The van der Waals surface area contributed by atoms with Crippen LogP contribution >= 0.6 is 0 Å². The average molecular weight is 559 g/mol. The van der Waals surface area contributed by atoms with Gasteiger partial charge >= 0.3 is 0 Å². The Labute approximate surface area is 255 Å². The molecule has 0 fully saturated rings. The van der Waals surface area contributed by atoms with E-state index >= 15 is 0 Å². The summed E-state index contributed by atoms with van der Waals surface area (Å²) in [7, 11) is 0. The predicted molar refractivity (Wildman–Crippen MR) is 183 cm³/mol. The van der Waals surface area contributed by atoms with Gasteiger partial charge in [0.15, 0.2) is 0 Å². The van der Waals surface area contributed by atoms with E-state index in [0.29, 0.717) is 0 Å². The van der Waals surface area contributed by atoms with Crippen LogP contribution in [0.15, 0.2) is 85.0 Å². The van der Waals surface area contributed by atoms with Gasteiger partial charge in [0.2, 0.25) is 0 Å². The molecule has 0 aliphatic heterocycles. The first-order valence-electron chi connectivity index (χ1n) is 17.4. The molecule has 2 rings (SSSR count). The summed E-state index contributed by atoms with van der Waals surface area (Å²) in [6.45, 7) is 9.19. The first-order valence-corrected chi connectivity index (χ1v) is 17.4. The molecule has 0 heterocycles. The number of hydrogen-bond donors (Lipinski definition) is 0. The van der Waals surface area contributed by atoms with E-state index in [1.165, 1.54) is 144 Å². The average Bonchev–Trinajstić information content (AvgIpc) is 3.00. The summed E-state index contributed by atoms with van der Waals surface area (Å²) in [4.78, 5) is 0. The van der Waals surface area contributed by atoms with Gasteiger partial charge < -0.3 is 4.48 Å². The molecule has 0 aliphatic carbocycles.